The lowest BCUT2D eigenvalue weighted by molar-refractivity contribution is -0.145. The van der Waals surface area contributed by atoms with Gasteiger partial charge in [0, 0.05) is 25.2 Å². The van der Waals surface area contributed by atoms with Crippen molar-refractivity contribution < 1.29 is 19.1 Å². The summed E-state index contributed by atoms with van der Waals surface area (Å²) < 4.78 is 9.59. The zero-order chi connectivity index (χ0) is 13.1. The second-order valence-corrected chi connectivity index (χ2v) is 3.83. The molecule has 1 aliphatic heterocycles. The summed E-state index contributed by atoms with van der Waals surface area (Å²) in [4.78, 5) is 32.6. The zero-order valence-corrected chi connectivity index (χ0v) is 10.1. The van der Waals surface area contributed by atoms with Gasteiger partial charge in [-0.05, 0) is 0 Å². The minimum absolute atomic E-state index is 0.118. The SMILES string of the molecule is COC(=O)C1CC(=O)N(c2nccc(OC)n2)C1. The van der Waals surface area contributed by atoms with Gasteiger partial charge in [0.2, 0.25) is 17.7 Å². The topological polar surface area (TPSA) is 81.6 Å². The molecule has 1 amide bonds. The van der Waals surface area contributed by atoms with Crippen molar-refractivity contribution in [1.82, 2.24) is 9.97 Å². The quantitative estimate of drug-likeness (QED) is 0.704. The van der Waals surface area contributed by atoms with E-state index in [-0.39, 0.29) is 24.8 Å². The number of methoxy groups -OCH3 is 2. The van der Waals surface area contributed by atoms with E-state index in [1.807, 2.05) is 0 Å². The maximum atomic E-state index is 11.8. The summed E-state index contributed by atoms with van der Waals surface area (Å²) in [6, 6.07) is 1.59. The van der Waals surface area contributed by atoms with E-state index < -0.39 is 11.9 Å². The van der Waals surface area contributed by atoms with E-state index in [0.717, 1.165) is 0 Å². The normalized spacial score (nSPS) is 18.9. The molecule has 1 saturated heterocycles. The maximum absolute atomic E-state index is 11.8. The molecule has 1 unspecified atom stereocenters. The molecule has 0 radical (unpaired) electrons. The van der Waals surface area contributed by atoms with E-state index in [0.29, 0.717) is 5.88 Å². The number of nitrogens with zero attached hydrogens (tertiary/aromatic N) is 3. The van der Waals surface area contributed by atoms with Crippen LogP contribution in [0.1, 0.15) is 6.42 Å². The van der Waals surface area contributed by atoms with Crippen LogP contribution in [0.4, 0.5) is 5.95 Å². The molecular weight excluding hydrogens is 238 g/mol. The Morgan fingerprint density at radius 2 is 2.28 bits per heavy atom. The van der Waals surface area contributed by atoms with Gasteiger partial charge in [-0.1, -0.05) is 0 Å². The van der Waals surface area contributed by atoms with Gasteiger partial charge in [0.05, 0.1) is 20.1 Å². The van der Waals surface area contributed by atoms with Gasteiger partial charge >= 0.3 is 5.97 Å². The lowest BCUT2D eigenvalue weighted by Crippen LogP contribution is -2.28. The third-order valence-electron chi connectivity index (χ3n) is 2.73. The van der Waals surface area contributed by atoms with Gasteiger partial charge in [0.1, 0.15) is 0 Å². The van der Waals surface area contributed by atoms with E-state index in [2.05, 4.69) is 14.7 Å². The van der Waals surface area contributed by atoms with Gasteiger partial charge in [-0.15, -0.1) is 0 Å². The summed E-state index contributed by atoms with van der Waals surface area (Å²) in [5, 5.41) is 0. The second-order valence-electron chi connectivity index (χ2n) is 3.83. The number of carbonyl (C=O) groups is 2. The lowest BCUT2D eigenvalue weighted by atomic mass is 10.1. The van der Waals surface area contributed by atoms with Gasteiger partial charge < -0.3 is 9.47 Å². The molecule has 1 aliphatic rings. The number of ether oxygens (including phenoxy) is 2. The van der Waals surface area contributed by atoms with Gasteiger partial charge in [-0.25, -0.2) is 4.98 Å². The fourth-order valence-corrected chi connectivity index (χ4v) is 1.80. The minimum Gasteiger partial charge on any atom is -0.481 e. The standard InChI is InChI=1S/C11H13N3O4/c1-17-8-3-4-12-11(13-8)14-6-7(5-9(14)15)10(16)18-2/h3-4,7H,5-6H2,1-2H3. The molecule has 2 rings (SSSR count). The first-order valence-corrected chi connectivity index (χ1v) is 5.41. The number of aromatic nitrogens is 2. The Morgan fingerprint density at radius 1 is 1.50 bits per heavy atom. The second kappa shape index (κ2) is 4.99. The summed E-state index contributed by atoms with van der Waals surface area (Å²) in [6.07, 6.45) is 1.62. The molecule has 7 nitrogen and oxygen atoms in total. The van der Waals surface area contributed by atoms with E-state index in [4.69, 9.17) is 4.74 Å². The highest BCUT2D eigenvalue weighted by Crippen LogP contribution is 2.23. The van der Waals surface area contributed by atoms with Crippen LogP contribution in [0.3, 0.4) is 0 Å². The molecule has 1 aromatic rings. The summed E-state index contributed by atoms with van der Waals surface area (Å²) in [6.45, 7) is 0.235. The summed E-state index contributed by atoms with van der Waals surface area (Å²) in [7, 11) is 2.78. The van der Waals surface area contributed by atoms with Crippen LogP contribution in [-0.2, 0) is 14.3 Å². The first-order valence-electron chi connectivity index (χ1n) is 5.41. The van der Waals surface area contributed by atoms with E-state index in [9.17, 15) is 9.59 Å². The van der Waals surface area contributed by atoms with Crippen LogP contribution in [0.15, 0.2) is 12.3 Å². The molecule has 0 bridgehead atoms. The smallest absolute Gasteiger partial charge is 0.311 e. The summed E-state index contributed by atoms with van der Waals surface area (Å²) >= 11 is 0. The van der Waals surface area contributed by atoms with Crippen LogP contribution in [0.25, 0.3) is 0 Å². The summed E-state index contributed by atoms with van der Waals surface area (Å²) in [5.41, 5.74) is 0. The number of anilines is 1. The van der Waals surface area contributed by atoms with Gasteiger partial charge in [0.15, 0.2) is 0 Å². The Balaban J connectivity index is 2.18. The molecule has 0 aliphatic carbocycles. The highest BCUT2D eigenvalue weighted by Gasteiger charge is 2.37. The Bertz CT molecular complexity index is 477. The zero-order valence-electron chi connectivity index (χ0n) is 10.1. The lowest BCUT2D eigenvalue weighted by Gasteiger charge is -2.14. The fourth-order valence-electron chi connectivity index (χ4n) is 1.80. The Kier molecular flexibility index (Phi) is 3.40. The Labute approximate surface area is 104 Å². The highest BCUT2D eigenvalue weighted by atomic mass is 16.5. The van der Waals surface area contributed by atoms with Gasteiger partial charge in [-0.2, -0.15) is 4.98 Å². The van der Waals surface area contributed by atoms with E-state index in [1.165, 1.54) is 25.3 Å². The molecule has 0 saturated carbocycles. The van der Waals surface area contributed by atoms with Crippen LogP contribution in [0, 0.1) is 5.92 Å². The van der Waals surface area contributed by atoms with Crippen molar-refractivity contribution in [2.75, 3.05) is 25.7 Å². The van der Waals surface area contributed by atoms with Gasteiger partial charge in [0.25, 0.3) is 0 Å². The van der Waals surface area contributed by atoms with Crippen LogP contribution in [0.5, 0.6) is 5.88 Å². The highest BCUT2D eigenvalue weighted by molar-refractivity contribution is 5.98. The van der Waals surface area contributed by atoms with Crippen molar-refractivity contribution >= 4 is 17.8 Å². The fraction of sp³-hybridized carbons (Fsp3) is 0.455. The van der Waals surface area contributed by atoms with Crippen molar-refractivity contribution in [3.05, 3.63) is 12.3 Å². The predicted octanol–water partition coefficient (Wildman–Crippen LogP) is 0.0111. The Morgan fingerprint density at radius 3 is 2.94 bits per heavy atom. The predicted molar refractivity (Wildman–Crippen MR) is 61.1 cm³/mol. The third-order valence-corrected chi connectivity index (χ3v) is 2.73. The number of hydrogen-bond donors (Lipinski definition) is 0. The van der Waals surface area contributed by atoms with Gasteiger partial charge in [-0.3, -0.25) is 14.5 Å². The van der Waals surface area contributed by atoms with Crippen molar-refractivity contribution in [2.24, 2.45) is 5.92 Å². The molecule has 96 valence electrons. The third kappa shape index (κ3) is 2.24. The van der Waals surface area contributed by atoms with Crippen LogP contribution in [-0.4, -0.2) is 42.6 Å². The van der Waals surface area contributed by atoms with Crippen molar-refractivity contribution in [1.29, 1.82) is 0 Å². The average Bonchev–Trinajstić information content (AvgIpc) is 2.80. The maximum Gasteiger partial charge on any atom is 0.311 e. The van der Waals surface area contributed by atoms with Crippen molar-refractivity contribution in [2.45, 2.75) is 6.42 Å². The Hall–Kier alpha value is -2.18. The van der Waals surface area contributed by atoms with Crippen molar-refractivity contribution in [3.63, 3.8) is 0 Å². The molecular formula is C11H13N3O4. The molecule has 7 heteroatoms. The molecule has 1 atom stereocenters. The summed E-state index contributed by atoms with van der Waals surface area (Å²) in [5.74, 6) is -0.440. The number of hydrogen-bond acceptors (Lipinski definition) is 6. The molecule has 0 aromatic carbocycles. The molecule has 18 heavy (non-hydrogen) atoms. The van der Waals surface area contributed by atoms with Crippen LogP contribution in [0.2, 0.25) is 0 Å². The van der Waals surface area contributed by atoms with E-state index >= 15 is 0 Å². The number of amides is 1. The number of carbonyl (C=O) groups excluding carboxylic acids is 2. The monoisotopic (exact) mass is 251 g/mol. The minimum atomic E-state index is -0.461. The van der Waals surface area contributed by atoms with Crippen molar-refractivity contribution in [3.8, 4) is 5.88 Å². The van der Waals surface area contributed by atoms with E-state index in [1.54, 1.807) is 6.07 Å². The number of esters is 1. The first kappa shape index (κ1) is 12.3. The molecule has 2 heterocycles. The number of rotatable bonds is 3. The first-order chi connectivity index (χ1) is 8.65. The van der Waals surface area contributed by atoms with Crippen LogP contribution < -0.4 is 9.64 Å². The molecule has 0 N–H and O–H groups in total. The molecule has 1 fully saturated rings. The largest absolute Gasteiger partial charge is 0.481 e. The van der Waals surface area contributed by atoms with Crippen LogP contribution >= 0.6 is 0 Å². The average molecular weight is 251 g/mol. The molecule has 1 aromatic heterocycles. The molecule has 0 spiro atoms.